The number of hydrogen-bond acceptors (Lipinski definition) is 6. The summed E-state index contributed by atoms with van der Waals surface area (Å²) in [5.74, 6) is 3.48. The van der Waals surface area contributed by atoms with Gasteiger partial charge in [-0.3, -0.25) is 4.68 Å². The van der Waals surface area contributed by atoms with Gasteiger partial charge in [-0.2, -0.15) is 0 Å². The molecule has 2 heterocycles. The average Bonchev–Trinajstić information content (AvgIpc) is 3.08. The zero-order valence-corrected chi connectivity index (χ0v) is 19.8. The minimum atomic E-state index is -0.673. The summed E-state index contributed by atoms with van der Waals surface area (Å²) in [7, 11) is 0. The molecule has 0 aliphatic carbocycles. The molecular weight excluding hydrogens is 408 g/mol. The Morgan fingerprint density at radius 1 is 1.38 bits per heavy atom. The van der Waals surface area contributed by atoms with Gasteiger partial charge in [-0.25, -0.2) is 0 Å². The van der Waals surface area contributed by atoms with Gasteiger partial charge >= 0.3 is 0 Å². The molecular formula is C25H38N2O5. The first-order chi connectivity index (χ1) is 15.3. The summed E-state index contributed by atoms with van der Waals surface area (Å²) < 4.78 is 14.0. The summed E-state index contributed by atoms with van der Waals surface area (Å²) in [6.45, 7) is 7.73. The third-order valence-electron chi connectivity index (χ3n) is 5.51. The van der Waals surface area contributed by atoms with Crippen molar-refractivity contribution in [2.45, 2.75) is 97.2 Å². The summed E-state index contributed by atoms with van der Waals surface area (Å²) in [6, 6.07) is 0.155. The average molecular weight is 447 g/mol. The predicted octanol–water partition coefficient (Wildman–Crippen LogP) is 4.00. The van der Waals surface area contributed by atoms with Crippen LogP contribution in [0.4, 0.5) is 0 Å². The van der Waals surface area contributed by atoms with Gasteiger partial charge < -0.3 is 24.8 Å². The molecule has 1 aromatic rings. The lowest BCUT2D eigenvalue weighted by Gasteiger charge is -2.31. The van der Waals surface area contributed by atoms with Crippen molar-refractivity contribution in [1.82, 2.24) is 9.78 Å². The lowest BCUT2D eigenvalue weighted by molar-refractivity contribution is -0.186. The number of aliphatic hydroxyl groups is 3. The van der Waals surface area contributed by atoms with Crippen LogP contribution in [0.5, 0.6) is 5.88 Å². The van der Waals surface area contributed by atoms with E-state index >= 15 is 0 Å². The minimum absolute atomic E-state index is 0.155. The molecule has 3 atom stereocenters. The number of terminal acetylenes is 1. The van der Waals surface area contributed by atoms with E-state index < -0.39 is 18.5 Å². The standard InChI is InChI=1S/C25H38N2O5/c1-6-8-11-19(12-9-10-18(5)29)13-22-23(7-2)27(17(3)4)26-25(22)32-24-15-20(30)14-21(16-28)31-24/h1,10,12,17,20-21,24,28-30H,7-9,11,13-16H2,2-5H3/b18-10+,19-12+. The minimum Gasteiger partial charge on any atom is -0.513 e. The molecule has 1 fully saturated rings. The Balaban J connectivity index is 2.37. The van der Waals surface area contributed by atoms with Gasteiger partial charge in [0.05, 0.1) is 24.6 Å². The maximum absolute atomic E-state index is 10.2. The highest BCUT2D eigenvalue weighted by Gasteiger charge is 2.31. The molecule has 0 saturated carbocycles. The molecule has 3 N–H and O–H groups in total. The maximum Gasteiger partial charge on any atom is 0.238 e. The number of nitrogens with zero attached hydrogens (tertiary/aromatic N) is 2. The topological polar surface area (TPSA) is 97.0 Å². The normalized spacial score (nSPS) is 22.2. The second kappa shape index (κ2) is 12.7. The largest absolute Gasteiger partial charge is 0.513 e. The highest BCUT2D eigenvalue weighted by molar-refractivity contribution is 5.36. The molecule has 7 nitrogen and oxygen atoms in total. The zero-order valence-electron chi connectivity index (χ0n) is 19.8. The Bertz CT molecular complexity index is 830. The van der Waals surface area contributed by atoms with Gasteiger partial charge in [0, 0.05) is 43.0 Å². The van der Waals surface area contributed by atoms with Gasteiger partial charge in [-0.05, 0) is 46.1 Å². The third kappa shape index (κ3) is 7.40. The molecule has 1 aromatic heterocycles. The Labute approximate surface area is 191 Å². The molecule has 7 heteroatoms. The predicted molar refractivity (Wildman–Crippen MR) is 124 cm³/mol. The fourth-order valence-electron chi connectivity index (χ4n) is 3.94. The van der Waals surface area contributed by atoms with E-state index in [1.165, 1.54) is 0 Å². The van der Waals surface area contributed by atoms with E-state index in [0.29, 0.717) is 38.0 Å². The van der Waals surface area contributed by atoms with E-state index in [4.69, 9.17) is 21.0 Å². The van der Waals surface area contributed by atoms with Gasteiger partial charge in [0.2, 0.25) is 12.2 Å². The number of ether oxygens (including phenoxy) is 2. The number of hydrogen-bond donors (Lipinski definition) is 3. The fourth-order valence-corrected chi connectivity index (χ4v) is 3.94. The SMILES string of the molecule is C#CCC/C(=C\C/C=C(\C)O)Cc1c(OC2CC(O)CC(CO)O2)nn(C(C)C)c1CC. The Morgan fingerprint density at radius 2 is 2.12 bits per heavy atom. The van der Waals surface area contributed by atoms with E-state index in [-0.39, 0.29) is 18.4 Å². The Hall–Kier alpha value is -2.27. The number of aromatic nitrogens is 2. The molecule has 3 unspecified atom stereocenters. The Morgan fingerprint density at radius 3 is 2.72 bits per heavy atom. The first-order valence-corrected chi connectivity index (χ1v) is 11.5. The van der Waals surface area contributed by atoms with E-state index in [0.717, 1.165) is 29.7 Å². The maximum atomic E-state index is 10.2. The van der Waals surface area contributed by atoms with Crippen LogP contribution in [0.15, 0.2) is 23.5 Å². The monoisotopic (exact) mass is 446 g/mol. The summed E-state index contributed by atoms with van der Waals surface area (Å²) >= 11 is 0. The molecule has 0 spiro atoms. The van der Waals surface area contributed by atoms with Gasteiger partial charge in [0.15, 0.2) is 0 Å². The van der Waals surface area contributed by atoms with E-state index in [2.05, 4.69) is 32.8 Å². The van der Waals surface area contributed by atoms with Gasteiger partial charge in [0.25, 0.3) is 0 Å². The van der Waals surface area contributed by atoms with Crippen LogP contribution < -0.4 is 4.74 Å². The van der Waals surface area contributed by atoms with Crippen molar-refractivity contribution < 1.29 is 24.8 Å². The molecule has 0 radical (unpaired) electrons. The zero-order chi connectivity index (χ0) is 23.7. The first kappa shape index (κ1) is 26.0. The lowest BCUT2D eigenvalue weighted by atomic mass is 9.98. The molecule has 0 aromatic carbocycles. The molecule has 0 bridgehead atoms. The van der Waals surface area contributed by atoms with Crippen molar-refractivity contribution in [1.29, 1.82) is 0 Å². The van der Waals surface area contributed by atoms with Crippen LogP contribution in [0.2, 0.25) is 0 Å². The number of allylic oxidation sites excluding steroid dienone is 4. The third-order valence-corrected chi connectivity index (χ3v) is 5.51. The van der Waals surface area contributed by atoms with Crippen LogP contribution in [0, 0.1) is 12.3 Å². The molecule has 178 valence electrons. The van der Waals surface area contributed by atoms with Crippen molar-refractivity contribution in [3.63, 3.8) is 0 Å². The van der Waals surface area contributed by atoms with Crippen molar-refractivity contribution >= 4 is 0 Å². The van der Waals surface area contributed by atoms with E-state index in [1.807, 2.05) is 4.68 Å². The van der Waals surface area contributed by atoms with E-state index in [1.54, 1.807) is 13.0 Å². The summed E-state index contributed by atoms with van der Waals surface area (Å²) in [6.07, 6.45) is 11.8. The number of aliphatic hydroxyl groups excluding tert-OH is 3. The molecule has 0 amide bonds. The summed E-state index contributed by atoms with van der Waals surface area (Å²) in [4.78, 5) is 0. The van der Waals surface area contributed by atoms with Gasteiger partial charge in [-0.1, -0.05) is 18.6 Å². The number of rotatable bonds is 11. The molecule has 32 heavy (non-hydrogen) atoms. The van der Waals surface area contributed by atoms with Crippen LogP contribution in [-0.4, -0.2) is 50.2 Å². The molecule has 1 saturated heterocycles. The van der Waals surface area contributed by atoms with Crippen molar-refractivity contribution in [2.75, 3.05) is 6.61 Å². The molecule has 2 rings (SSSR count). The van der Waals surface area contributed by atoms with Crippen LogP contribution in [0.1, 0.15) is 77.1 Å². The van der Waals surface area contributed by atoms with Crippen LogP contribution in [0.3, 0.4) is 0 Å². The summed E-state index contributed by atoms with van der Waals surface area (Å²) in [5.41, 5.74) is 3.23. The summed E-state index contributed by atoms with van der Waals surface area (Å²) in [5, 5.41) is 33.9. The van der Waals surface area contributed by atoms with Crippen molar-refractivity contribution in [2.24, 2.45) is 0 Å². The molecule has 1 aliphatic heterocycles. The second-order valence-electron chi connectivity index (χ2n) is 8.56. The highest BCUT2D eigenvalue weighted by atomic mass is 16.7. The van der Waals surface area contributed by atoms with Crippen molar-refractivity contribution in [3.8, 4) is 18.2 Å². The lowest BCUT2D eigenvalue weighted by Crippen LogP contribution is -2.40. The van der Waals surface area contributed by atoms with Gasteiger partial charge in [0.1, 0.15) is 0 Å². The quantitative estimate of drug-likeness (QED) is 0.270. The Kier molecular flexibility index (Phi) is 10.3. The smallest absolute Gasteiger partial charge is 0.238 e. The molecule has 1 aliphatic rings. The highest BCUT2D eigenvalue weighted by Crippen LogP contribution is 2.31. The fraction of sp³-hybridized carbons (Fsp3) is 0.640. The van der Waals surface area contributed by atoms with Crippen LogP contribution in [-0.2, 0) is 17.6 Å². The van der Waals surface area contributed by atoms with Gasteiger partial charge in [-0.15, -0.1) is 17.4 Å². The van der Waals surface area contributed by atoms with Crippen LogP contribution in [0.25, 0.3) is 0 Å². The van der Waals surface area contributed by atoms with Crippen LogP contribution >= 0.6 is 0 Å². The first-order valence-electron chi connectivity index (χ1n) is 11.5. The van der Waals surface area contributed by atoms with Crippen molar-refractivity contribution in [3.05, 3.63) is 34.7 Å². The van der Waals surface area contributed by atoms with E-state index in [9.17, 15) is 15.3 Å². The second-order valence-corrected chi connectivity index (χ2v) is 8.56.